The molecule has 2 amide bonds. The van der Waals surface area contributed by atoms with Crippen LogP contribution in [0.5, 0.6) is 5.75 Å². The van der Waals surface area contributed by atoms with Gasteiger partial charge in [0.1, 0.15) is 11.3 Å². The number of anilines is 1. The van der Waals surface area contributed by atoms with Crippen molar-refractivity contribution in [1.29, 1.82) is 0 Å². The Morgan fingerprint density at radius 2 is 1.61 bits per heavy atom. The summed E-state index contributed by atoms with van der Waals surface area (Å²) < 4.78 is 4.98. The highest BCUT2D eigenvalue weighted by atomic mass is 16.5. The van der Waals surface area contributed by atoms with Gasteiger partial charge in [0.25, 0.3) is 5.91 Å². The molecule has 0 saturated heterocycles. The minimum Gasteiger partial charge on any atom is -0.506 e. The maximum atomic E-state index is 12.3. The van der Waals surface area contributed by atoms with Crippen molar-refractivity contribution in [1.82, 2.24) is 5.32 Å². The molecule has 0 aromatic heterocycles. The molecular formula is C24H24N2O5. The molecule has 0 atom stereocenters. The van der Waals surface area contributed by atoms with Crippen molar-refractivity contribution in [2.24, 2.45) is 0 Å². The van der Waals surface area contributed by atoms with Crippen LogP contribution in [0.1, 0.15) is 27.0 Å². The molecule has 0 spiro atoms. The molecule has 0 aliphatic carbocycles. The topological polar surface area (TPSA) is 105 Å². The third-order valence-corrected chi connectivity index (χ3v) is 4.84. The highest BCUT2D eigenvalue weighted by molar-refractivity contribution is 6.02. The molecule has 7 nitrogen and oxygen atoms in total. The summed E-state index contributed by atoms with van der Waals surface area (Å²) in [5.41, 5.74) is 3.64. The number of amides is 2. The van der Waals surface area contributed by atoms with Crippen molar-refractivity contribution >= 4 is 34.2 Å². The molecule has 3 aromatic rings. The third kappa shape index (κ3) is 5.19. The van der Waals surface area contributed by atoms with E-state index in [2.05, 4.69) is 10.6 Å². The number of rotatable bonds is 6. The van der Waals surface area contributed by atoms with Crippen molar-refractivity contribution in [2.75, 3.05) is 18.5 Å². The standard InChI is InChI=1S/C24H24N2O5/c1-14-10-15(2)22(16(3)11-14)26-20(27)12-25-21(28)13-31-24(30)19-9-8-17-6-4-5-7-18(17)23(19)29/h4-11,29H,12-13H2,1-3H3,(H,25,28)(H,26,27). The molecule has 0 aliphatic rings. The largest absolute Gasteiger partial charge is 0.506 e. The summed E-state index contributed by atoms with van der Waals surface area (Å²) in [6, 6.07) is 14.1. The van der Waals surface area contributed by atoms with Gasteiger partial charge in [-0.05, 0) is 43.4 Å². The predicted molar refractivity (Wildman–Crippen MR) is 118 cm³/mol. The first-order valence-corrected chi connectivity index (χ1v) is 9.78. The van der Waals surface area contributed by atoms with Gasteiger partial charge in [0.05, 0.1) is 6.54 Å². The molecule has 3 aromatic carbocycles. The van der Waals surface area contributed by atoms with Gasteiger partial charge < -0.3 is 20.5 Å². The van der Waals surface area contributed by atoms with Crippen LogP contribution >= 0.6 is 0 Å². The van der Waals surface area contributed by atoms with Crippen molar-refractivity contribution in [3.05, 3.63) is 70.8 Å². The fourth-order valence-electron chi connectivity index (χ4n) is 3.42. The normalized spacial score (nSPS) is 10.5. The van der Waals surface area contributed by atoms with Crippen LogP contribution in [0.25, 0.3) is 10.8 Å². The number of ether oxygens (including phenoxy) is 1. The quantitative estimate of drug-likeness (QED) is 0.530. The van der Waals surface area contributed by atoms with E-state index in [-0.39, 0.29) is 23.8 Å². The zero-order chi connectivity index (χ0) is 22.5. The summed E-state index contributed by atoms with van der Waals surface area (Å²) in [6.07, 6.45) is 0. The van der Waals surface area contributed by atoms with Crippen LogP contribution < -0.4 is 10.6 Å². The van der Waals surface area contributed by atoms with Crippen molar-refractivity contribution in [3.8, 4) is 5.75 Å². The first-order chi connectivity index (χ1) is 14.8. The number of benzene rings is 3. The molecule has 0 bridgehead atoms. The molecule has 3 rings (SSSR count). The van der Waals surface area contributed by atoms with Crippen molar-refractivity contribution in [2.45, 2.75) is 20.8 Å². The van der Waals surface area contributed by atoms with E-state index >= 15 is 0 Å². The van der Waals surface area contributed by atoms with Crippen molar-refractivity contribution < 1.29 is 24.2 Å². The maximum Gasteiger partial charge on any atom is 0.342 e. The van der Waals surface area contributed by atoms with Gasteiger partial charge >= 0.3 is 5.97 Å². The maximum absolute atomic E-state index is 12.3. The lowest BCUT2D eigenvalue weighted by atomic mass is 10.1. The monoisotopic (exact) mass is 420 g/mol. The highest BCUT2D eigenvalue weighted by Crippen LogP contribution is 2.29. The van der Waals surface area contributed by atoms with Crippen LogP contribution in [0.15, 0.2) is 48.5 Å². The summed E-state index contributed by atoms with van der Waals surface area (Å²) in [6.45, 7) is 4.95. The van der Waals surface area contributed by atoms with E-state index in [4.69, 9.17) is 4.74 Å². The van der Waals surface area contributed by atoms with Crippen LogP contribution in [-0.2, 0) is 14.3 Å². The Labute approximate surface area is 180 Å². The molecule has 7 heteroatoms. The molecule has 0 heterocycles. The van der Waals surface area contributed by atoms with Crippen LogP contribution in [0.4, 0.5) is 5.69 Å². The predicted octanol–water partition coefficient (Wildman–Crippen LogP) is 3.38. The molecule has 0 fully saturated rings. The zero-order valence-electron chi connectivity index (χ0n) is 17.6. The summed E-state index contributed by atoms with van der Waals surface area (Å²) >= 11 is 0. The van der Waals surface area contributed by atoms with E-state index in [9.17, 15) is 19.5 Å². The number of aromatic hydroxyl groups is 1. The smallest absolute Gasteiger partial charge is 0.342 e. The highest BCUT2D eigenvalue weighted by Gasteiger charge is 2.17. The van der Waals surface area contributed by atoms with Crippen LogP contribution in [0.2, 0.25) is 0 Å². The molecule has 160 valence electrons. The SMILES string of the molecule is Cc1cc(C)c(NC(=O)CNC(=O)COC(=O)c2ccc3ccccc3c2O)c(C)c1. The van der Waals surface area contributed by atoms with E-state index in [0.717, 1.165) is 22.1 Å². The minimum atomic E-state index is -0.825. The molecule has 0 unspecified atom stereocenters. The summed E-state index contributed by atoms with van der Waals surface area (Å²) in [5, 5.41) is 16.8. The van der Waals surface area contributed by atoms with E-state index in [1.807, 2.05) is 45.0 Å². The lowest BCUT2D eigenvalue weighted by Gasteiger charge is -2.13. The molecule has 0 radical (unpaired) electrons. The van der Waals surface area contributed by atoms with Gasteiger partial charge in [-0.3, -0.25) is 9.59 Å². The van der Waals surface area contributed by atoms with Gasteiger partial charge in [0.2, 0.25) is 5.91 Å². The Hall–Kier alpha value is -3.87. The first-order valence-electron chi connectivity index (χ1n) is 9.78. The number of esters is 1. The summed E-state index contributed by atoms with van der Waals surface area (Å²) in [4.78, 5) is 36.4. The Kier molecular flexibility index (Phi) is 6.55. The summed E-state index contributed by atoms with van der Waals surface area (Å²) in [7, 11) is 0. The number of hydrogen-bond acceptors (Lipinski definition) is 5. The van der Waals surface area contributed by atoms with Gasteiger partial charge in [-0.25, -0.2) is 4.79 Å². The molecule has 31 heavy (non-hydrogen) atoms. The second kappa shape index (κ2) is 9.30. The van der Waals surface area contributed by atoms with Gasteiger partial charge in [-0.2, -0.15) is 0 Å². The fraction of sp³-hybridized carbons (Fsp3) is 0.208. The van der Waals surface area contributed by atoms with Crippen LogP contribution in [0.3, 0.4) is 0 Å². The van der Waals surface area contributed by atoms with Gasteiger partial charge in [-0.1, -0.05) is 48.0 Å². The number of carbonyl (C=O) groups excluding carboxylic acids is 3. The number of aryl methyl sites for hydroxylation is 3. The van der Waals surface area contributed by atoms with Gasteiger partial charge in [0.15, 0.2) is 6.61 Å². The number of hydrogen-bond donors (Lipinski definition) is 3. The average Bonchev–Trinajstić information content (AvgIpc) is 2.73. The summed E-state index contributed by atoms with van der Waals surface area (Å²) in [5.74, 6) is -2.04. The Balaban J connectivity index is 1.52. The molecule has 0 saturated carbocycles. The Morgan fingerprint density at radius 1 is 0.935 bits per heavy atom. The third-order valence-electron chi connectivity index (χ3n) is 4.84. The van der Waals surface area contributed by atoms with Crippen LogP contribution in [-0.4, -0.2) is 36.0 Å². The number of phenols is 1. The van der Waals surface area contributed by atoms with Gasteiger partial charge in [0, 0.05) is 11.1 Å². The number of carbonyl (C=O) groups is 3. The van der Waals surface area contributed by atoms with E-state index in [1.165, 1.54) is 6.07 Å². The Morgan fingerprint density at radius 3 is 2.32 bits per heavy atom. The zero-order valence-corrected chi connectivity index (χ0v) is 17.6. The average molecular weight is 420 g/mol. The van der Waals surface area contributed by atoms with Crippen molar-refractivity contribution in [3.63, 3.8) is 0 Å². The Bertz CT molecular complexity index is 1150. The lowest BCUT2D eigenvalue weighted by molar-refractivity contribution is -0.126. The molecule has 0 aliphatic heterocycles. The van der Waals surface area contributed by atoms with Gasteiger partial charge in [-0.15, -0.1) is 0 Å². The van der Waals surface area contributed by atoms with E-state index in [0.29, 0.717) is 11.1 Å². The molecular weight excluding hydrogens is 396 g/mol. The minimum absolute atomic E-state index is 0.0328. The van der Waals surface area contributed by atoms with E-state index < -0.39 is 18.5 Å². The fourth-order valence-corrected chi connectivity index (χ4v) is 3.42. The number of fused-ring (bicyclic) bond motifs is 1. The molecule has 3 N–H and O–H groups in total. The number of nitrogens with one attached hydrogen (secondary N) is 2. The second-order valence-corrected chi connectivity index (χ2v) is 7.36. The van der Waals surface area contributed by atoms with E-state index in [1.54, 1.807) is 18.2 Å². The first kappa shape index (κ1) is 21.8. The number of phenolic OH excluding ortho intramolecular Hbond substituents is 1. The van der Waals surface area contributed by atoms with Crippen LogP contribution in [0, 0.1) is 20.8 Å². The lowest BCUT2D eigenvalue weighted by Crippen LogP contribution is -2.35. The second-order valence-electron chi connectivity index (χ2n) is 7.36.